The maximum atomic E-state index is 12.8. The highest BCUT2D eigenvalue weighted by molar-refractivity contribution is 6.42. The molecule has 1 aliphatic rings. The fraction of sp³-hybridized carbons (Fsp3) is 0.222. The summed E-state index contributed by atoms with van der Waals surface area (Å²) in [5, 5.41) is 0.681. The molecule has 2 aromatic carbocycles. The van der Waals surface area contributed by atoms with Gasteiger partial charge in [0.1, 0.15) is 0 Å². The standard InChI is InChI=1S/C18H16Cl2N2O2/c19-15-6-5-11(9-16(15)20)17(23)13-3-1-2-4-14(13)18(24)22-8-7-12(21)10-22/h1-6,9,12H,7-8,10,21H2/t12-/m1/s1. The summed E-state index contributed by atoms with van der Waals surface area (Å²) >= 11 is 11.9. The van der Waals surface area contributed by atoms with Crippen molar-refractivity contribution < 1.29 is 9.59 Å². The molecule has 24 heavy (non-hydrogen) atoms. The van der Waals surface area contributed by atoms with E-state index in [1.54, 1.807) is 41.3 Å². The number of carbonyl (C=O) groups is 2. The van der Waals surface area contributed by atoms with Crippen LogP contribution < -0.4 is 5.73 Å². The monoisotopic (exact) mass is 362 g/mol. The SMILES string of the molecule is N[C@@H]1CCN(C(=O)c2ccccc2C(=O)c2ccc(Cl)c(Cl)c2)C1. The van der Waals surface area contributed by atoms with Gasteiger partial charge in [0.05, 0.1) is 15.6 Å². The molecule has 1 fully saturated rings. The number of likely N-dealkylation sites (tertiary alicyclic amines) is 1. The summed E-state index contributed by atoms with van der Waals surface area (Å²) in [5.74, 6) is -0.437. The second kappa shape index (κ2) is 6.93. The Balaban J connectivity index is 1.95. The van der Waals surface area contributed by atoms with E-state index in [9.17, 15) is 9.59 Å². The molecule has 6 heteroatoms. The van der Waals surface area contributed by atoms with Crippen LogP contribution in [0.4, 0.5) is 0 Å². The molecule has 1 heterocycles. The van der Waals surface area contributed by atoms with Crippen LogP contribution >= 0.6 is 23.2 Å². The van der Waals surface area contributed by atoms with Gasteiger partial charge in [-0.1, -0.05) is 41.4 Å². The largest absolute Gasteiger partial charge is 0.337 e. The lowest BCUT2D eigenvalue weighted by molar-refractivity contribution is 0.0786. The molecule has 0 saturated carbocycles. The Morgan fingerprint density at radius 2 is 1.75 bits per heavy atom. The Morgan fingerprint density at radius 1 is 1.04 bits per heavy atom. The van der Waals surface area contributed by atoms with Gasteiger partial charge in [-0.25, -0.2) is 0 Å². The Kier molecular flexibility index (Phi) is 4.90. The van der Waals surface area contributed by atoms with Crippen LogP contribution in [-0.2, 0) is 0 Å². The molecule has 0 radical (unpaired) electrons. The van der Waals surface area contributed by atoms with Crippen LogP contribution in [0, 0.1) is 0 Å². The third-order valence-corrected chi connectivity index (χ3v) is 4.83. The van der Waals surface area contributed by atoms with Crippen LogP contribution in [-0.4, -0.2) is 35.7 Å². The lowest BCUT2D eigenvalue weighted by Crippen LogP contribution is -2.32. The number of nitrogens with two attached hydrogens (primary N) is 1. The number of ketones is 1. The van der Waals surface area contributed by atoms with E-state index < -0.39 is 0 Å². The molecular weight excluding hydrogens is 347 g/mol. The van der Waals surface area contributed by atoms with E-state index >= 15 is 0 Å². The van der Waals surface area contributed by atoms with Gasteiger partial charge in [-0.15, -0.1) is 0 Å². The molecule has 2 aromatic rings. The van der Waals surface area contributed by atoms with E-state index in [1.165, 1.54) is 6.07 Å². The van der Waals surface area contributed by atoms with Crippen molar-refractivity contribution in [3.8, 4) is 0 Å². The molecular formula is C18H16Cl2N2O2. The first kappa shape index (κ1) is 17.0. The molecule has 0 spiro atoms. The number of halogens is 2. The van der Waals surface area contributed by atoms with Gasteiger partial charge in [-0.3, -0.25) is 9.59 Å². The van der Waals surface area contributed by atoms with Crippen LogP contribution in [0.2, 0.25) is 10.0 Å². The first-order valence-corrected chi connectivity index (χ1v) is 8.36. The van der Waals surface area contributed by atoms with Crippen molar-refractivity contribution in [2.75, 3.05) is 13.1 Å². The molecule has 1 aliphatic heterocycles. The zero-order valence-electron chi connectivity index (χ0n) is 12.8. The normalized spacial score (nSPS) is 17.1. The lowest BCUT2D eigenvalue weighted by atomic mass is 9.97. The molecule has 1 atom stereocenters. The second-order valence-corrected chi connectivity index (χ2v) is 6.62. The Labute approximate surface area is 150 Å². The highest BCUT2D eigenvalue weighted by Gasteiger charge is 2.27. The minimum atomic E-state index is -0.263. The van der Waals surface area contributed by atoms with Gasteiger partial charge >= 0.3 is 0 Å². The number of benzene rings is 2. The van der Waals surface area contributed by atoms with Crippen molar-refractivity contribution in [2.24, 2.45) is 5.73 Å². The number of amides is 1. The van der Waals surface area contributed by atoms with Crippen molar-refractivity contribution in [3.63, 3.8) is 0 Å². The molecule has 4 nitrogen and oxygen atoms in total. The molecule has 2 N–H and O–H groups in total. The number of hydrogen-bond acceptors (Lipinski definition) is 3. The topological polar surface area (TPSA) is 63.4 Å². The van der Waals surface area contributed by atoms with Gasteiger partial charge in [0.25, 0.3) is 5.91 Å². The number of carbonyl (C=O) groups excluding carboxylic acids is 2. The summed E-state index contributed by atoms with van der Waals surface area (Å²) in [6, 6.07) is 11.5. The van der Waals surface area contributed by atoms with Crippen LogP contribution in [0.25, 0.3) is 0 Å². The van der Waals surface area contributed by atoms with Crippen LogP contribution in [0.3, 0.4) is 0 Å². The van der Waals surface area contributed by atoms with Gasteiger partial charge in [0.2, 0.25) is 0 Å². The van der Waals surface area contributed by atoms with Gasteiger partial charge < -0.3 is 10.6 Å². The quantitative estimate of drug-likeness (QED) is 0.851. The van der Waals surface area contributed by atoms with E-state index in [0.29, 0.717) is 39.8 Å². The van der Waals surface area contributed by atoms with E-state index in [-0.39, 0.29) is 17.7 Å². The molecule has 0 aromatic heterocycles. The minimum absolute atomic E-state index is 0.00751. The lowest BCUT2D eigenvalue weighted by Gasteiger charge is -2.17. The molecule has 0 unspecified atom stereocenters. The van der Waals surface area contributed by atoms with Gasteiger partial charge in [0.15, 0.2) is 5.78 Å². The zero-order valence-corrected chi connectivity index (χ0v) is 14.3. The fourth-order valence-electron chi connectivity index (χ4n) is 2.80. The highest BCUT2D eigenvalue weighted by atomic mass is 35.5. The van der Waals surface area contributed by atoms with E-state index in [2.05, 4.69) is 0 Å². The van der Waals surface area contributed by atoms with Crippen LogP contribution in [0.1, 0.15) is 32.7 Å². The van der Waals surface area contributed by atoms with Gasteiger partial charge in [-0.2, -0.15) is 0 Å². The number of rotatable bonds is 3. The third-order valence-electron chi connectivity index (χ3n) is 4.10. The summed E-state index contributed by atoms with van der Waals surface area (Å²) in [6.45, 7) is 1.11. The van der Waals surface area contributed by atoms with E-state index in [4.69, 9.17) is 28.9 Å². The summed E-state index contributed by atoms with van der Waals surface area (Å²) in [6.07, 6.45) is 0.772. The Morgan fingerprint density at radius 3 is 2.38 bits per heavy atom. The Bertz CT molecular complexity index is 807. The van der Waals surface area contributed by atoms with Crippen molar-refractivity contribution in [1.29, 1.82) is 0 Å². The second-order valence-electron chi connectivity index (χ2n) is 5.80. The average Bonchev–Trinajstić information content (AvgIpc) is 3.02. The maximum absolute atomic E-state index is 12.8. The first-order valence-electron chi connectivity index (χ1n) is 7.61. The molecule has 124 valence electrons. The van der Waals surface area contributed by atoms with Crippen molar-refractivity contribution >= 4 is 34.9 Å². The van der Waals surface area contributed by atoms with Crippen LogP contribution in [0.15, 0.2) is 42.5 Å². The van der Waals surface area contributed by atoms with Gasteiger partial charge in [0, 0.05) is 30.3 Å². The average molecular weight is 363 g/mol. The maximum Gasteiger partial charge on any atom is 0.254 e. The zero-order chi connectivity index (χ0) is 17.3. The first-order chi connectivity index (χ1) is 11.5. The molecule has 1 amide bonds. The number of hydrogen-bond donors (Lipinski definition) is 1. The van der Waals surface area contributed by atoms with Crippen LogP contribution in [0.5, 0.6) is 0 Å². The predicted octanol–water partition coefficient (Wildman–Crippen LogP) is 3.40. The fourth-order valence-corrected chi connectivity index (χ4v) is 3.10. The van der Waals surface area contributed by atoms with Gasteiger partial charge in [-0.05, 0) is 30.7 Å². The summed E-state index contributed by atoms with van der Waals surface area (Å²) in [5.41, 5.74) is 6.99. The number of nitrogens with zero attached hydrogens (tertiary/aromatic N) is 1. The highest BCUT2D eigenvalue weighted by Crippen LogP contribution is 2.25. The predicted molar refractivity (Wildman–Crippen MR) is 94.8 cm³/mol. The van der Waals surface area contributed by atoms with E-state index in [1.807, 2.05) is 0 Å². The third kappa shape index (κ3) is 3.31. The molecule has 0 aliphatic carbocycles. The minimum Gasteiger partial charge on any atom is -0.337 e. The summed E-state index contributed by atoms with van der Waals surface area (Å²) in [7, 11) is 0. The summed E-state index contributed by atoms with van der Waals surface area (Å²) < 4.78 is 0. The molecule has 3 rings (SSSR count). The Hall–Kier alpha value is -1.88. The van der Waals surface area contributed by atoms with Crippen molar-refractivity contribution in [3.05, 3.63) is 69.2 Å². The van der Waals surface area contributed by atoms with Crippen molar-refractivity contribution in [1.82, 2.24) is 4.90 Å². The smallest absolute Gasteiger partial charge is 0.254 e. The molecule has 0 bridgehead atoms. The van der Waals surface area contributed by atoms with E-state index in [0.717, 1.165) is 6.42 Å². The van der Waals surface area contributed by atoms with Crippen molar-refractivity contribution in [2.45, 2.75) is 12.5 Å². The molecule has 1 saturated heterocycles. The summed E-state index contributed by atoms with van der Waals surface area (Å²) in [4.78, 5) is 27.2.